The molecule has 0 fully saturated rings. The van der Waals surface area contributed by atoms with Gasteiger partial charge in [-0.2, -0.15) is 13.2 Å². The molecule has 1 aromatic rings. The third-order valence-electron chi connectivity index (χ3n) is 2.21. The summed E-state index contributed by atoms with van der Waals surface area (Å²) in [5, 5.41) is 3.11. The maximum Gasteiger partial charge on any atom is 0.422 e. The molecule has 0 saturated heterocycles. The van der Waals surface area contributed by atoms with E-state index >= 15 is 0 Å². The van der Waals surface area contributed by atoms with Crippen molar-refractivity contribution in [2.24, 2.45) is 0 Å². The number of rotatable bonds is 2. The van der Waals surface area contributed by atoms with Gasteiger partial charge in [0, 0.05) is 13.1 Å². The minimum atomic E-state index is -4.28. The number of halogens is 3. The quantitative estimate of drug-likeness (QED) is 0.820. The van der Waals surface area contributed by atoms with E-state index in [1.165, 1.54) is 0 Å². The van der Waals surface area contributed by atoms with E-state index in [9.17, 15) is 13.2 Å². The van der Waals surface area contributed by atoms with Gasteiger partial charge in [-0.1, -0.05) is 6.07 Å². The van der Waals surface area contributed by atoms with Crippen LogP contribution in [-0.4, -0.2) is 12.8 Å². The summed E-state index contributed by atoms with van der Waals surface area (Å²) < 4.78 is 40.3. The number of fused-ring (bicyclic) bond motifs is 1. The fourth-order valence-corrected chi connectivity index (χ4v) is 1.53. The first-order valence-electron chi connectivity index (χ1n) is 4.57. The van der Waals surface area contributed by atoms with Gasteiger partial charge in [0.2, 0.25) is 0 Å². The normalized spacial score (nSPS) is 15.1. The van der Waals surface area contributed by atoms with Crippen molar-refractivity contribution in [1.82, 2.24) is 5.32 Å². The minimum absolute atomic E-state index is 0.273. The van der Waals surface area contributed by atoms with Crippen LogP contribution < -0.4 is 10.1 Å². The van der Waals surface area contributed by atoms with Gasteiger partial charge in [-0.25, -0.2) is 0 Å². The van der Waals surface area contributed by atoms with E-state index in [0.717, 1.165) is 17.7 Å². The van der Waals surface area contributed by atoms with Crippen LogP contribution in [0.25, 0.3) is 0 Å². The van der Waals surface area contributed by atoms with Crippen LogP contribution in [0.5, 0.6) is 5.75 Å². The van der Waals surface area contributed by atoms with E-state index in [-0.39, 0.29) is 5.75 Å². The molecule has 82 valence electrons. The average molecular weight is 217 g/mol. The molecule has 0 amide bonds. The number of hydrogen-bond donors (Lipinski definition) is 1. The lowest BCUT2D eigenvalue weighted by Crippen LogP contribution is -2.19. The Hall–Kier alpha value is -1.23. The summed E-state index contributed by atoms with van der Waals surface area (Å²) in [6, 6.07) is 5.01. The zero-order valence-electron chi connectivity index (χ0n) is 7.90. The Morgan fingerprint density at radius 2 is 1.93 bits per heavy atom. The summed E-state index contributed by atoms with van der Waals surface area (Å²) in [4.78, 5) is 0. The highest BCUT2D eigenvalue weighted by Gasteiger charge is 2.28. The van der Waals surface area contributed by atoms with Gasteiger partial charge in [-0.3, -0.25) is 0 Å². The second-order valence-electron chi connectivity index (χ2n) is 3.44. The van der Waals surface area contributed by atoms with Crippen molar-refractivity contribution in [3.63, 3.8) is 0 Å². The van der Waals surface area contributed by atoms with Gasteiger partial charge in [0.05, 0.1) is 0 Å². The Labute approximate surface area is 85.0 Å². The Bertz CT molecular complexity index is 362. The predicted molar refractivity (Wildman–Crippen MR) is 48.5 cm³/mol. The highest BCUT2D eigenvalue weighted by molar-refractivity contribution is 5.37. The van der Waals surface area contributed by atoms with Crippen molar-refractivity contribution in [2.45, 2.75) is 19.3 Å². The molecule has 15 heavy (non-hydrogen) atoms. The molecular weight excluding hydrogens is 207 g/mol. The summed E-state index contributed by atoms with van der Waals surface area (Å²) in [5.74, 6) is 0.273. The molecule has 1 aliphatic heterocycles. The SMILES string of the molecule is FC(F)(F)COc1ccc2c(c1)CNC2. The van der Waals surface area contributed by atoms with Crippen molar-refractivity contribution in [2.75, 3.05) is 6.61 Å². The number of alkyl halides is 3. The molecule has 1 aromatic carbocycles. The Morgan fingerprint density at radius 1 is 1.20 bits per heavy atom. The first-order chi connectivity index (χ1) is 7.04. The summed E-state index contributed by atoms with van der Waals surface area (Å²) in [7, 11) is 0. The van der Waals surface area contributed by atoms with Crippen molar-refractivity contribution in [3.05, 3.63) is 29.3 Å². The van der Waals surface area contributed by atoms with Crippen molar-refractivity contribution >= 4 is 0 Å². The van der Waals surface area contributed by atoms with Gasteiger partial charge in [0.15, 0.2) is 6.61 Å². The molecule has 0 spiro atoms. The Kier molecular flexibility index (Phi) is 2.56. The second-order valence-corrected chi connectivity index (χ2v) is 3.44. The molecule has 2 nitrogen and oxygen atoms in total. The zero-order valence-corrected chi connectivity index (χ0v) is 7.90. The number of ether oxygens (including phenoxy) is 1. The van der Waals surface area contributed by atoms with Gasteiger partial charge < -0.3 is 10.1 Å². The van der Waals surface area contributed by atoms with E-state index in [1.54, 1.807) is 18.2 Å². The lowest BCUT2D eigenvalue weighted by atomic mass is 10.1. The Morgan fingerprint density at radius 3 is 2.67 bits per heavy atom. The van der Waals surface area contributed by atoms with E-state index < -0.39 is 12.8 Å². The molecule has 1 aliphatic rings. The first-order valence-corrected chi connectivity index (χ1v) is 4.57. The van der Waals surface area contributed by atoms with Crippen LogP contribution in [0.15, 0.2) is 18.2 Å². The molecule has 1 heterocycles. The molecule has 1 N–H and O–H groups in total. The summed E-state index contributed by atoms with van der Waals surface area (Å²) in [5.41, 5.74) is 2.13. The zero-order chi connectivity index (χ0) is 10.9. The predicted octanol–water partition coefficient (Wildman–Crippen LogP) is 2.23. The van der Waals surface area contributed by atoms with Crippen LogP contribution in [0.1, 0.15) is 11.1 Å². The molecule has 0 saturated carbocycles. The molecular formula is C10H10F3NO. The summed E-state index contributed by atoms with van der Waals surface area (Å²) in [6.07, 6.45) is -4.28. The van der Waals surface area contributed by atoms with E-state index in [2.05, 4.69) is 10.1 Å². The van der Waals surface area contributed by atoms with Crippen molar-refractivity contribution in [3.8, 4) is 5.75 Å². The average Bonchev–Trinajstić information content (AvgIpc) is 2.60. The highest BCUT2D eigenvalue weighted by Crippen LogP contribution is 2.23. The van der Waals surface area contributed by atoms with Crippen LogP contribution in [-0.2, 0) is 13.1 Å². The van der Waals surface area contributed by atoms with Gasteiger partial charge in [0.25, 0.3) is 0 Å². The van der Waals surface area contributed by atoms with Crippen LogP contribution in [0.4, 0.5) is 13.2 Å². The first kappa shape index (κ1) is 10.3. The maximum absolute atomic E-state index is 11.9. The molecule has 0 aliphatic carbocycles. The van der Waals surface area contributed by atoms with Crippen LogP contribution in [0, 0.1) is 0 Å². The second kappa shape index (κ2) is 3.73. The monoisotopic (exact) mass is 217 g/mol. The van der Waals surface area contributed by atoms with Crippen LogP contribution in [0.2, 0.25) is 0 Å². The highest BCUT2D eigenvalue weighted by atomic mass is 19.4. The van der Waals surface area contributed by atoms with Gasteiger partial charge in [-0.05, 0) is 23.3 Å². The third-order valence-corrected chi connectivity index (χ3v) is 2.21. The van der Waals surface area contributed by atoms with Gasteiger partial charge >= 0.3 is 6.18 Å². The molecule has 0 aromatic heterocycles. The lowest BCUT2D eigenvalue weighted by Gasteiger charge is -2.09. The summed E-state index contributed by atoms with van der Waals surface area (Å²) in [6.45, 7) is 0.229. The molecule has 2 rings (SSSR count). The Balaban J connectivity index is 2.04. The van der Waals surface area contributed by atoms with E-state index in [1.807, 2.05) is 0 Å². The fourth-order valence-electron chi connectivity index (χ4n) is 1.53. The molecule has 5 heteroatoms. The van der Waals surface area contributed by atoms with Crippen molar-refractivity contribution < 1.29 is 17.9 Å². The standard InChI is InChI=1S/C10H10F3NO/c11-10(12,13)6-15-9-2-1-7-4-14-5-8(7)3-9/h1-3,14H,4-6H2. The van der Waals surface area contributed by atoms with Gasteiger partial charge in [-0.15, -0.1) is 0 Å². The van der Waals surface area contributed by atoms with E-state index in [4.69, 9.17) is 0 Å². The molecule has 0 radical (unpaired) electrons. The van der Waals surface area contributed by atoms with E-state index in [0.29, 0.717) is 6.54 Å². The third kappa shape index (κ3) is 2.62. The van der Waals surface area contributed by atoms with Crippen LogP contribution in [0.3, 0.4) is 0 Å². The number of hydrogen-bond acceptors (Lipinski definition) is 2. The molecule has 0 bridgehead atoms. The smallest absolute Gasteiger partial charge is 0.422 e. The molecule has 0 unspecified atom stereocenters. The van der Waals surface area contributed by atoms with Crippen LogP contribution >= 0.6 is 0 Å². The largest absolute Gasteiger partial charge is 0.484 e. The molecule has 0 atom stereocenters. The number of benzene rings is 1. The lowest BCUT2D eigenvalue weighted by molar-refractivity contribution is -0.153. The number of nitrogens with one attached hydrogen (secondary N) is 1. The van der Waals surface area contributed by atoms with Gasteiger partial charge in [0.1, 0.15) is 5.75 Å². The summed E-state index contributed by atoms with van der Waals surface area (Å²) >= 11 is 0. The minimum Gasteiger partial charge on any atom is -0.484 e. The van der Waals surface area contributed by atoms with Crippen molar-refractivity contribution in [1.29, 1.82) is 0 Å². The topological polar surface area (TPSA) is 21.3 Å². The fraction of sp³-hybridized carbons (Fsp3) is 0.400. The maximum atomic E-state index is 11.9.